The summed E-state index contributed by atoms with van der Waals surface area (Å²) in [6.45, 7) is 5.42. The number of halogens is 1. The summed E-state index contributed by atoms with van der Waals surface area (Å²) >= 11 is 3.32. The third-order valence-electron chi connectivity index (χ3n) is 3.20. The standard InChI is InChI=1S/C15H19BrN4O/c1-10-8-11(2)20(19-10)7-3-6-18-15(21)12-4-5-14(17)13(16)9-12/h4-5,8-9H,3,6-7,17H2,1-2H3,(H,18,21). The molecule has 0 aliphatic carbocycles. The number of benzene rings is 1. The molecule has 3 N–H and O–H groups in total. The monoisotopic (exact) mass is 350 g/mol. The van der Waals surface area contributed by atoms with Gasteiger partial charge in [0.15, 0.2) is 0 Å². The van der Waals surface area contributed by atoms with Crippen molar-refractivity contribution in [3.8, 4) is 0 Å². The van der Waals surface area contributed by atoms with Crippen molar-refractivity contribution in [3.63, 3.8) is 0 Å². The van der Waals surface area contributed by atoms with Crippen molar-refractivity contribution in [2.75, 3.05) is 12.3 Å². The van der Waals surface area contributed by atoms with Crippen molar-refractivity contribution in [3.05, 3.63) is 45.7 Å². The Morgan fingerprint density at radius 3 is 2.76 bits per heavy atom. The van der Waals surface area contributed by atoms with Crippen LogP contribution in [-0.4, -0.2) is 22.2 Å². The fourth-order valence-corrected chi connectivity index (χ4v) is 2.48. The van der Waals surface area contributed by atoms with E-state index in [0.29, 0.717) is 17.8 Å². The van der Waals surface area contributed by atoms with Gasteiger partial charge in [0.1, 0.15) is 0 Å². The minimum absolute atomic E-state index is 0.0935. The lowest BCUT2D eigenvalue weighted by Crippen LogP contribution is -2.25. The van der Waals surface area contributed by atoms with Crippen LogP contribution in [0.4, 0.5) is 5.69 Å². The number of hydrogen-bond donors (Lipinski definition) is 2. The van der Waals surface area contributed by atoms with E-state index in [-0.39, 0.29) is 5.91 Å². The molecule has 0 saturated carbocycles. The maximum Gasteiger partial charge on any atom is 0.251 e. The van der Waals surface area contributed by atoms with E-state index in [1.165, 1.54) is 0 Å². The van der Waals surface area contributed by atoms with Gasteiger partial charge in [-0.15, -0.1) is 0 Å². The topological polar surface area (TPSA) is 72.9 Å². The van der Waals surface area contributed by atoms with Crippen LogP contribution in [0, 0.1) is 13.8 Å². The van der Waals surface area contributed by atoms with E-state index in [1.54, 1.807) is 18.2 Å². The molecule has 5 nitrogen and oxygen atoms in total. The van der Waals surface area contributed by atoms with Crippen molar-refractivity contribution in [2.45, 2.75) is 26.8 Å². The Morgan fingerprint density at radius 1 is 1.38 bits per heavy atom. The summed E-state index contributed by atoms with van der Waals surface area (Å²) in [5.74, 6) is -0.0935. The molecular formula is C15H19BrN4O. The van der Waals surface area contributed by atoms with Gasteiger partial charge in [0.25, 0.3) is 5.91 Å². The second-order valence-electron chi connectivity index (χ2n) is 5.00. The molecule has 1 heterocycles. The lowest BCUT2D eigenvalue weighted by atomic mass is 10.2. The van der Waals surface area contributed by atoms with Gasteiger partial charge in [-0.05, 0) is 60.5 Å². The predicted octanol–water partition coefficient (Wildman–Crippen LogP) is 2.66. The molecule has 0 fully saturated rings. The van der Waals surface area contributed by atoms with Crippen LogP contribution < -0.4 is 11.1 Å². The first kappa shape index (κ1) is 15.6. The third-order valence-corrected chi connectivity index (χ3v) is 3.89. The molecule has 21 heavy (non-hydrogen) atoms. The number of amides is 1. The summed E-state index contributed by atoms with van der Waals surface area (Å²) in [4.78, 5) is 12.0. The fraction of sp³-hybridized carbons (Fsp3) is 0.333. The normalized spacial score (nSPS) is 10.6. The third kappa shape index (κ3) is 4.07. The molecule has 2 rings (SSSR count). The largest absolute Gasteiger partial charge is 0.398 e. The van der Waals surface area contributed by atoms with Crippen molar-refractivity contribution in [1.82, 2.24) is 15.1 Å². The van der Waals surface area contributed by atoms with E-state index in [0.717, 1.165) is 28.8 Å². The molecular weight excluding hydrogens is 332 g/mol. The zero-order valence-corrected chi connectivity index (χ0v) is 13.8. The minimum Gasteiger partial charge on any atom is -0.398 e. The van der Waals surface area contributed by atoms with Gasteiger partial charge in [-0.2, -0.15) is 5.10 Å². The van der Waals surface area contributed by atoms with Crippen LogP contribution in [0.5, 0.6) is 0 Å². The van der Waals surface area contributed by atoms with Gasteiger partial charge >= 0.3 is 0 Å². The lowest BCUT2D eigenvalue weighted by Gasteiger charge is -2.07. The average molecular weight is 351 g/mol. The van der Waals surface area contributed by atoms with Gasteiger partial charge in [-0.1, -0.05) is 0 Å². The maximum atomic E-state index is 12.0. The van der Waals surface area contributed by atoms with Gasteiger partial charge in [0.2, 0.25) is 0 Å². The number of nitrogen functional groups attached to an aromatic ring is 1. The lowest BCUT2D eigenvalue weighted by molar-refractivity contribution is 0.0952. The maximum absolute atomic E-state index is 12.0. The van der Waals surface area contributed by atoms with Gasteiger partial charge in [-0.3, -0.25) is 9.48 Å². The highest BCUT2D eigenvalue weighted by atomic mass is 79.9. The summed E-state index contributed by atoms with van der Waals surface area (Å²) in [6, 6.07) is 7.21. The zero-order valence-electron chi connectivity index (χ0n) is 12.2. The number of carbonyl (C=O) groups is 1. The Hall–Kier alpha value is -1.82. The van der Waals surface area contributed by atoms with Crippen LogP contribution in [0.2, 0.25) is 0 Å². The summed E-state index contributed by atoms with van der Waals surface area (Å²) in [5.41, 5.74) is 9.08. The number of rotatable bonds is 5. The number of nitrogens with two attached hydrogens (primary N) is 1. The van der Waals surface area contributed by atoms with E-state index in [4.69, 9.17) is 5.73 Å². The van der Waals surface area contributed by atoms with Crippen molar-refractivity contribution in [1.29, 1.82) is 0 Å². The Labute approximate surface area is 132 Å². The van der Waals surface area contributed by atoms with Crippen LogP contribution in [0.1, 0.15) is 28.2 Å². The van der Waals surface area contributed by atoms with Crippen molar-refractivity contribution in [2.24, 2.45) is 0 Å². The van der Waals surface area contributed by atoms with E-state index in [1.807, 2.05) is 24.6 Å². The van der Waals surface area contributed by atoms with Crippen LogP contribution in [0.15, 0.2) is 28.7 Å². The van der Waals surface area contributed by atoms with E-state index in [2.05, 4.69) is 26.3 Å². The number of carbonyl (C=O) groups excluding carboxylic acids is 1. The predicted molar refractivity (Wildman–Crippen MR) is 87.2 cm³/mol. The molecule has 0 unspecified atom stereocenters. The quantitative estimate of drug-likeness (QED) is 0.643. The van der Waals surface area contributed by atoms with Crippen LogP contribution in [0.25, 0.3) is 0 Å². The molecule has 1 aromatic heterocycles. The van der Waals surface area contributed by atoms with Gasteiger partial charge in [0, 0.05) is 34.5 Å². The number of aromatic nitrogens is 2. The van der Waals surface area contributed by atoms with Gasteiger partial charge < -0.3 is 11.1 Å². The molecule has 0 saturated heterocycles. The van der Waals surface area contributed by atoms with Gasteiger partial charge in [0.05, 0.1) is 5.69 Å². The Kier molecular flexibility index (Phi) is 5.01. The second-order valence-corrected chi connectivity index (χ2v) is 5.85. The highest BCUT2D eigenvalue weighted by molar-refractivity contribution is 9.10. The number of nitrogens with one attached hydrogen (secondary N) is 1. The first-order valence-electron chi connectivity index (χ1n) is 6.81. The fourth-order valence-electron chi connectivity index (χ4n) is 2.10. The molecule has 0 spiro atoms. The van der Waals surface area contributed by atoms with E-state index in [9.17, 15) is 4.79 Å². The number of aryl methyl sites for hydroxylation is 3. The molecule has 1 aromatic carbocycles. The summed E-state index contributed by atoms with van der Waals surface area (Å²) < 4.78 is 2.69. The van der Waals surface area contributed by atoms with E-state index < -0.39 is 0 Å². The van der Waals surface area contributed by atoms with Crippen molar-refractivity contribution < 1.29 is 4.79 Å². The number of anilines is 1. The molecule has 2 aromatic rings. The highest BCUT2D eigenvalue weighted by Crippen LogP contribution is 2.20. The van der Waals surface area contributed by atoms with Crippen LogP contribution >= 0.6 is 15.9 Å². The first-order chi connectivity index (χ1) is 9.97. The first-order valence-corrected chi connectivity index (χ1v) is 7.61. The van der Waals surface area contributed by atoms with Crippen molar-refractivity contribution >= 4 is 27.5 Å². The molecule has 0 aliphatic rings. The molecule has 0 aliphatic heterocycles. The van der Waals surface area contributed by atoms with Crippen LogP contribution in [-0.2, 0) is 6.54 Å². The molecule has 6 heteroatoms. The number of nitrogens with zero attached hydrogens (tertiary/aromatic N) is 2. The van der Waals surface area contributed by atoms with Gasteiger partial charge in [-0.25, -0.2) is 0 Å². The zero-order chi connectivity index (χ0) is 15.4. The smallest absolute Gasteiger partial charge is 0.251 e. The summed E-state index contributed by atoms with van der Waals surface area (Å²) in [6.07, 6.45) is 0.837. The number of hydrogen-bond acceptors (Lipinski definition) is 3. The minimum atomic E-state index is -0.0935. The summed E-state index contributed by atoms with van der Waals surface area (Å²) in [7, 11) is 0. The Morgan fingerprint density at radius 2 is 2.14 bits per heavy atom. The second kappa shape index (κ2) is 6.76. The molecule has 1 amide bonds. The SMILES string of the molecule is Cc1cc(C)n(CCCNC(=O)c2ccc(N)c(Br)c2)n1. The Balaban J connectivity index is 1.81. The van der Waals surface area contributed by atoms with Crippen LogP contribution in [0.3, 0.4) is 0 Å². The highest BCUT2D eigenvalue weighted by Gasteiger charge is 2.07. The molecule has 112 valence electrons. The molecule has 0 bridgehead atoms. The Bertz CT molecular complexity index is 651. The summed E-state index contributed by atoms with van der Waals surface area (Å²) in [5, 5.41) is 7.29. The molecule has 0 atom stereocenters. The van der Waals surface area contributed by atoms with E-state index >= 15 is 0 Å². The average Bonchev–Trinajstić information content (AvgIpc) is 2.76. The molecule has 0 radical (unpaired) electrons.